The van der Waals surface area contributed by atoms with Crippen molar-refractivity contribution in [1.82, 2.24) is 4.98 Å². The molecule has 0 spiro atoms. The van der Waals surface area contributed by atoms with Gasteiger partial charge in [-0.2, -0.15) is 0 Å². The number of pyridine rings is 1. The monoisotopic (exact) mass is 262 g/mol. The van der Waals surface area contributed by atoms with Gasteiger partial charge in [-0.3, -0.25) is 4.98 Å². The van der Waals surface area contributed by atoms with Crippen molar-refractivity contribution < 1.29 is 0 Å². The molecule has 0 amide bonds. The Labute approximate surface area is 113 Å². The van der Waals surface area contributed by atoms with E-state index in [1.54, 1.807) is 0 Å². The second kappa shape index (κ2) is 5.68. The molecule has 0 bridgehead atoms. The van der Waals surface area contributed by atoms with Gasteiger partial charge < -0.3 is 5.73 Å². The van der Waals surface area contributed by atoms with Crippen molar-refractivity contribution in [2.75, 3.05) is 6.54 Å². The van der Waals surface area contributed by atoms with E-state index in [9.17, 15) is 0 Å². The molecule has 1 aromatic carbocycles. The second-order valence-corrected chi connectivity index (χ2v) is 5.17. The Kier molecular flexibility index (Phi) is 4.20. The van der Waals surface area contributed by atoms with Crippen molar-refractivity contribution in [3.63, 3.8) is 0 Å². The van der Waals surface area contributed by atoms with Gasteiger partial charge >= 0.3 is 0 Å². The third-order valence-corrected chi connectivity index (χ3v) is 3.56. The first-order valence-electron chi connectivity index (χ1n) is 6.39. The summed E-state index contributed by atoms with van der Waals surface area (Å²) in [4.78, 5) is 4.74. The van der Waals surface area contributed by atoms with Crippen LogP contribution in [0.25, 0.3) is 10.9 Å². The van der Waals surface area contributed by atoms with Crippen LogP contribution in [0, 0.1) is 13.8 Å². The van der Waals surface area contributed by atoms with Gasteiger partial charge in [-0.1, -0.05) is 17.7 Å². The predicted octanol–water partition coefficient (Wildman–Crippen LogP) is 3.79. The molecule has 0 aliphatic carbocycles. The maximum Gasteiger partial charge on any atom is 0.0752 e. The average molecular weight is 263 g/mol. The molecule has 1 heterocycles. The van der Waals surface area contributed by atoms with Crippen LogP contribution in [0.1, 0.15) is 29.7 Å². The quantitative estimate of drug-likeness (QED) is 0.852. The molecule has 2 nitrogen and oxygen atoms in total. The number of nitrogens with two attached hydrogens (primary N) is 1. The van der Waals surface area contributed by atoms with Crippen LogP contribution in [-0.2, 0) is 6.42 Å². The fourth-order valence-corrected chi connectivity index (χ4v) is 2.57. The molecular weight excluding hydrogens is 244 g/mol. The fourth-order valence-electron chi connectivity index (χ4n) is 2.27. The Hall–Kier alpha value is -1.12. The minimum Gasteiger partial charge on any atom is -0.330 e. The van der Waals surface area contributed by atoms with Crippen molar-refractivity contribution in [2.45, 2.75) is 33.1 Å². The molecule has 3 heteroatoms. The van der Waals surface area contributed by atoms with Gasteiger partial charge in [-0.25, -0.2) is 0 Å². The Bertz CT molecular complexity index is 564. The third-order valence-electron chi connectivity index (χ3n) is 3.25. The van der Waals surface area contributed by atoms with E-state index in [0.29, 0.717) is 0 Å². The second-order valence-electron chi connectivity index (χ2n) is 4.76. The molecule has 0 aliphatic rings. The summed E-state index contributed by atoms with van der Waals surface area (Å²) in [6.45, 7) is 4.92. The van der Waals surface area contributed by atoms with E-state index >= 15 is 0 Å². The zero-order chi connectivity index (χ0) is 13.1. The number of fused-ring (bicyclic) bond motifs is 1. The highest BCUT2D eigenvalue weighted by Crippen LogP contribution is 2.28. The highest BCUT2D eigenvalue weighted by Gasteiger charge is 2.08. The smallest absolute Gasteiger partial charge is 0.0752 e. The number of aryl methyl sites for hydroxylation is 3. The molecule has 1 aromatic heterocycles. The van der Waals surface area contributed by atoms with E-state index in [2.05, 4.69) is 19.9 Å². The summed E-state index contributed by atoms with van der Waals surface area (Å²) >= 11 is 6.26. The van der Waals surface area contributed by atoms with E-state index in [-0.39, 0.29) is 0 Å². The van der Waals surface area contributed by atoms with Crippen molar-refractivity contribution in [1.29, 1.82) is 0 Å². The largest absolute Gasteiger partial charge is 0.330 e. The lowest BCUT2D eigenvalue weighted by Gasteiger charge is -2.10. The van der Waals surface area contributed by atoms with E-state index in [4.69, 9.17) is 22.3 Å². The van der Waals surface area contributed by atoms with Gasteiger partial charge in [0.15, 0.2) is 0 Å². The normalized spacial score (nSPS) is 11.1. The molecule has 2 rings (SSSR count). The van der Waals surface area contributed by atoms with E-state index in [0.717, 1.165) is 47.4 Å². The van der Waals surface area contributed by atoms with Crippen LogP contribution < -0.4 is 5.73 Å². The van der Waals surface area contributed by atoms with Crippen LogP contribution in [-0.4, -0.2) is 11.5 Å². The lowest BCUT2D eigenvalue weighted by Crippen LogP contribution is -2.00. The summed E-state index contributed by atoms with van der Waals surface area (Å²) in [6, 6.07) is 6.12. The SMILES string of the molecule is Cc1ccc(Cl)c2c(C)cc(CCCCN)nc12. The van der Waals surface area contributed by atoms with Crippen molar-refractivity contribution in [2.24, 2.45) is 5.73 Å². The number of hydrogen-bond donors (Lipinski definition) is 1. The van der Waals surface area contributed by atoms with Crippen LogP contribution >= 0.6 is 11.6 Å². The maximum atomic E-state index is 6.26. The van der Waals surface area contributed by atoms with Gasteiger partial charge in [0.2, 0.25) is 0 Å². The van der Waals surface area contributed by atoms with Gasteiger partial charge in [0, 0.05) is 11.1 Å². The molecule has 2 aromatic rings. The first-order chi connectivity index (χ1) is 8.63. The summed E-state index contributed by atoms with van der Waals surface area (Å²) in [6.07, 6.45) is 3.13. The predicted molar refractivity (Wildman–Crippen MR) is 78.2 cm³/mol. The van der Waals surface area contributed by atoms with Crippen molar-refractivity contribution in [3.05, 3.63) is 40.0 Å². The zero-order valence-corrected chi connectivity index (χ0v) is 11.7. The topological polar surface area (TPSA) is 38.9 Å². The molecular formula is C15H19ClN2. The van der Waals surface area contributed by atoms with Crippen LogP contribution in [0.2, 0.25) is 5.02 Å². The number of nitrogens with zero attached hydrogens (tertiary/aromatic N) is 1. The molecule has 0 aliphatic heterocycles. The molecule has 0 saturated carbocycles. The third kappa shape index (κ3) is 2.65. The molecule has 96 valence electrons. The fraction of sp³-hybridized carbons (Fsp3) is 0.400. The summed E-state index contributed by atoms with van der Waals surface area (Å²) in [5.41, 5.74) is 10.1. The van der Waals surface area contributed by atoms with Crippen LogP contribution in [0.5, 0.6) is 0 Å². The van der Waals surface area contributed by atoms with Crippen LogP contribution in [0.3, 0.4) is 0 Å². The van der Waals surface area contributed by atoms with E-state index in [1.807, 2.05) is 12.1 Å². The Morgan fingerprint density at radius 2 is 1.94 bits per heavy atom. The van der Waals surface area contributed by atoms with Gasteiger partial charge in [0.25, 0.3) is 0 Å². The van der Waals surface area contributed by atoms with Gasteiger partial charge in [0.1, 0.15) is 0 Å². The minimum absolute atomic E-state index is 0.747. The van der Waals surface area contributed by atoms with Crippen molar-refractivity contribution >= 4 is 22.5 Å². The summed E-state index contributed by atoms with van der Waals surface area (Å²) in [5.74, 6) is 0. The standard InChI is InChI=1S/C15H19ClN2/c1-10-6-7-13(16)14-11(2)9-12(18-15(10)14)5-3-4-8-17/h6-7,9H,3-5,8,17H2,1-2H3. The number of aromatic nitrogens is 1. The Balaban J connectivity index is 2.45. The number of halogens is 1. The number of rotatable bonds is 4. The molecule has 0 saturated heterocycles. The summed E-state index contributed by atoms with van der Waals surface area (Å²) in [5, 5.41) is 1.87. The Morgan fingerprint density at radius 1 is 1.17 bits per heavy atom. The maximum absolute atomic E-state index is 6.26. The molecule has 0 fully saturated rings. The minimum atomic E-state index is 0.747. The number of benzene rings is 1. The van der Waals surface area contributed by atoms with Gasteiger partial charge in [-0.05, 0) is 62.9 Å². The van der Waals surface area contributed by atoms with Crippen molar-refractivity contribution in [3.8, 4) is 0 Å². The van der Waals surface area contributed by atoms with Crippen LogP contribution in [0.15, 0.2) is 18.2 Å². The summed E-state index contributed by atoms with van der Waals surface area (Å²) < 4.78 is 0. The zero-order valence-electron chi connectivity index (χ0n) is 11.0. The number of unbranched alkanes of at least 4 members (excludes halogenated alkanes) is 1. The molecule has 0 atom stereocenters. The first-order valence-corrected chi connectivity index (χ1v) is 6.76. The lowest BCUT2D eigenvalue weighted by molar-refractivity contribution is 0.734. The van der Waals surface area contributed by atoms with E-state index < -0.39 is 0 Å². The molecule has 0 unspecified atom stereocenters. The summed E-state index contributed by atoms with van der Waals surface area (Å²) in [7, 11) is 0. The molecule has 0 radical (unpaired) electrons. The van der Waals surface area contributed by atoms with Gasteiger partial charge in [0.05, 0.1) is 10.5 Å². The van der Waals surface area contributed by atoms with Gasteiger partial charge in [-0.15, -0.1) is 0 Å². The molecule has 18 heavy (non-hydrogen) atoms. The highest BCUT2D eigenvalue weighted by molar-refractivity contribution is 6.35. The lowest BCUT2D eigenvalue weighted by atomic mass is 10.0. The molecule has 2 N–H and O–H groups in total. The average Bonchev–Trinajstić information content (AvgIpc) is 2.34. The van der Waals surface area contributed by atoms with E-state index in [1.165, 1.54) is 11.1 Å². The number of hydrogen-bond acceptors (Lipinski definition) is 2. The van der Waals surface area contributed by atoms with Crippen LogP contribution in [0.4, 0.5) is 0 Å². The Morgan fingerprint density at radius 3 is 2.67 bits per heavy atom. The first kappa shape index (κ1) is 13.3. The highest BCUT2D eigenvalue weighted by atomic mass is 35.5.